The summed E-state index contributed by atoms with van der Waals surface area (Å²) in [5.74, 6) is 1.29. The topological polar surface area (TPSA) is 42.2 Å². The molecule has 0 fully saturated rings. The van der Waals surface area contributed by atoms with Gasteiger partial charge in [0.15, 0.2) is 0 Å². The van der Waals surface area contributed by atoms with Crippen LogP contribution >= 0.6 is 0 Å². The lowest BCUT2D eigenvalue weighted by molar-refractivity contribution is 0.0925. The normalized spacial score (nSPS) is 10.2. The zero-order valence-corrected chi connectivity index (χ0v) is 10.5. The van der Waals surface area contributed by atoms with Gasteiger partial charge in [-0.3, -0.25) is 0 Å². The summed E-state index contributed by atoms with van der Waals surface area (Å²) in [7, 11) is 0. The summed E-state index contributed by atoms with van der Waals surface area (Å²) in [5, 5.41) is 8.86. The van der Waals surface area contributed by atoms with E-state index >= 15 is 0 Å². The van der Waals surface area contributed by atoms with Crippen molar-refractivity contribution in [2.24, 2.45) is 5.92 Å². The molecule has 0 atom stereocenters. The van der Waals surface area contributed by atoms with Crippen LogP contribution in [0.25, 0.3) is 0 Å². The van der Waals surface area contributed by atoms with E-state index in [9.17, 15) is 0 Å². The Hall–Kier alpha value is -1.53. The van der Waals surface area contributed by atoms with Gasteiger partial charge in [-0.25, -0.2) is 0 Å². The molecule has 92 valence electrons. The summed E-state index contributed by atoms with van der Waals surface area (Å²) in [5.41, 5.74) is 0.565. The molecule has 0 saturated heterocycles. The van der Waals surface area contributed by atoms with Gasteiger partial charge in [0.05, 0.1) is 12.2 Å². The Morgan fingerprint density at radius 3 is 2.65 bits per heavy atom. The van der Waals surface area contributed by atoms with Gasteiger partial charge in [-0.2, -0.15) is 5.26 Å². The molecule has 0 bridgehead atoms. The molecule has 3 nitrogen and oxygen atoms in total. The fraction of sp³-hybridized carbons (Fsp3) is 0.500. The minimum atomic E-state index is 0.483. The number of rotatable bonds is 7. The summed E-state index contributed by atoms with van der Waals surface area (Å²) in [6.45, 7) is 6.15. The van der Waals surface area contributed by atoms with Crippen LogP contribution < -0.4 is 4.74 Å². The molecule has 0 unspecified atom stereocenters. The summed E-state index contributed by atoms with van der Waals surface area (Å²) in [6.07, 6.45) is 1.06. The second-order valence-electron chi connectivity index (χ2n) is 4.25. The quantitative estimate of drug-likeness (QED) is 0.680. The van der Waals surface area contributed by atoms with Crippen LogP contribution in [-0.2, 0) is 4.74 Å². The van der Waals surface area contributed by atoms with E-state index in [4.69, 9.17) is 14.7 Å². The summed E-state index contributed by atoms with van der Waals surface area (Å²) in [6, 6.07) is 9.32. The third-order valence-electron chi connectivity index (χ3n) is 2.33. The molecule has 0 saturated carbocycles. The van der Waals surface area contributed by atoms with Crippen LogP contribution in [-0.4, -0.2) is 19.8 Å². The van der Waals surface area contributed by atoms with Crippen molar-refractivity contribution in [1.82, 2.24) is 0 Å². The molecule has 0 aliphatic carbocycles. The van der Waals surface area contributed by atoms with Gasteiger partial charge in [0, 0.05) is 6.61 Å². The first kappa shape index (κ1) is 13.5. The smallest absolute Gasteiger partial charge is 0.137 e. The van der Waals surface area contributed by atoms with E-state index in [0.29, 0.717) is 30.4 Å². The number of para-hydroxylation sites is 1. The molecule has 1 rings (SSSR count). The Labute approximate surface area is 103 Å². The number of nitriles is 1. The maximum absolute atomic E-state index is 8.86. The summed E-state index contributed by atoms with van der Waals surface area (Å²) < 4.78 is 10.9. The molecule has 0 aliphatic rings. The molecule has 0 spiro atoms. The van der Waals surface area contributed by atoms with Crippen molar-refractivity contribution in [2.75, 3.05) is 19.8 Å². The minimum absolute atomic E-state index is 0.483. The highest BCUT2D eigenvalue weighted by atomic mass is 16.5. The van der Waals surface area contributed by atoms with Gasteiger partial charge >= 0.3 is 0 Å². The van der Waals surface area contributed by atoms with Gasteiger partial charge < -0.3 is 9.47 Å². The highest BCUT2D eigenvalue weighted by Crippen LogP contribution is 2.16. The molecule has 1 aromatic rings. The molecule has 17 heavy (non-hydrogen) atoms. The van der Waals surface area contributed by atoms with Gasteiger partial charge in [-0.15, -0.1) is 0 Å². The third-order valence-corrected chi connectivity index (χ3v) is 2.33. The molecule has 0 aliphatic heterocycles. The maximum atomic E-state index is 8.86. The van der Waals surface area contributed by atoms with Gasteiger partial charge in [0.1, 0.15) is 18.4 Å². The van der Waals surface area contributed by atoms with Crippen molar-refractivity contribution in [3.05, 3.63) is 29.8 Å². The van der Waals surface area contributed by atoms with E-state index in [1.165, 1.54) is 0 Å². The van der Waals surface area contributed by atoms with Crippen molar-refractivity contribution in [3.63, 3.8) is 0 Å². The number of benzene rings is 1. The Balaban J connectivity index is 2.20. The zero-order valence-electron chi connectivity index (χ0n) is 10.5. The Kier molecular flexibility index (Phi) is 6.13. The molecule has 3 heteroatoms. The molecule has 0 heterocycles. The summed E-state index contributed by atoms with van der Waals surface area (Å²) >= 11 is 0. The van der Waals surface area contributed by atoms with Crippen LogP contribution in [0.1, 0.15) is 25.8 Å². The number of hydrogen-bond acceptors (Lipinski definition) is 3. The fourth-order valence-corrected chi connectivity index (χ4v) is 1.32. The van der Waals surface area contributed by atoms with Crippen LogP contribution in [0.2, 0.25) is 0 Å². The fourth-order valence-electron chi connectivity index (χ4n) is 1.32. The lowest BCUT2D eigenvalue weighted by Gasteiger charge is -2.09. The monoisotopic (exact) mass is 233 g/mol. The summed E-state index contributed by atoms with van der Waals surface area (Å²) in [4.78, 5) is 0. The lowest BCUT2D eigenvalue weighted by Crippen LogP contribution is -2.09. The highest BCUT2D eigenvalue weighted by molar-refractivity contribution is 5.42. The van der Waals surface area contributed by atoms with Crippen LogP contribution in [0.15, 0.2) is 24.3 Å². The first-order valence-electron chi connectivity index (χ1n) is 5.93. The van der Waals surface area contributed by atoms with E-state index in [1.54, 1.807) is 12.1 Å². The highest BCUT2D eigenvalue weighted by Gasteiger charge is 2.01. The van der Waals surface area contributed by atoms with Crippen LogP contribution in [0.4, 0.5) is 0 Å². The standard InChI is InChI=1S/C14H19NO2/c1-12(2)7-8-16-9-10-17-14-6-4-3-5-13(14)11-15/h3-6,12H,7-10H2,1-2H3. The molecule has 0 N–H and O–H groups in total. The van der Waals surface area contributed by atoms with Crippen LogP contribution in [0.3, 0.4) is 0 Å². The van der Waals surface area contributed by atoms with Gasteiger partial charge in [-0.1, -0.05) is 26.0 Å². The Bertz CT molecular complexity index is 369. The molecule has 0 radical (unpaired) electrons. The molecule has 0 aromatic heterocycles. The van der Waals surface area contributed by atoms with Gasteiger partial charge in [0.25, 0.3) is 0 Å². The van der Waals surface area contributed by atoms with E-state index in [-0.39, 0.29) is 0 Å². The predicted molar refractivity (Wildman–Crippen MR) is 66.9 cm³/mol. The number of hydrogen-bond donors (Lipinski definition) is 0. The Morgan fingerprint density at radius 1 is 1.18 bits per heavy atom. The van der Waals surface area contributed by atoms with E-state index in [0.717, 1.165) is 13.0 Å². The first-order chi connectivity index (χ1) is 8.24. The van der Waals surface area contributed by atoms with Crippen molar-refractivity contribution >= 4 is 0 Å². The van der Waals surface area contributed by atoms with Crippen molar-refractivity contribution in [1.29, 1.82) is 5.26 Å². The average molecular weight is 233 g/mol. The second-order valence-corrected chi connectivity index (χ2v) is 4.25. The first-order valence-corrected chi connectivity index (χ1v) is 5.93. The van der Waals surface area contributed by atoms with Crippen LogP contribution in [0, 0.1) is 17.2 Å². The average Bonchev–Trinajstić information content (AvgIpc) is 2.33. The molecule has 1 aromatic carbocycles. The zero-order chi connectivity index (χ0) is 12.5. The minimum Gasteiger partial charge on any atom is -0.490 e. The predicted octanol–water partition coefficient (Wildman–Crippen LogP) is 3.00. The van der Waals surface area contributed by atoms with Crippen molar-refractivity contribution in [2.45, 2.75) is 20.3 Å². The lowest BCUT2D eigenvalue weighted by atomic mass is 10.1. The molecule has 0 amide bonds. The van der Waals surface area contributed by atoms with Crippen LogP contribution in [0.5, 0.6) is 5.75 Å². The number of nitrogens with zero attached hydrogens (tertiary/aromatic N) is 1. The van der Waals surface area contributed by atoms with E-state index < -0.39 is 0 Å². The number of ether oxygens (including phenoxy) is 2. The Morgan fingerprint density at radius 2 is 1.94 bits per heavy atom. The van der Waals surface area contributed by atoms with E-state index in [2.05, 4.69) is 19.9 Å². The molecular weight excluding hydrogens is 214 g/mol. The van der Waals surface area contributed by atoms with Crippen molar-refractivity contribution < 1.29 is 9.47 Å². The second kappa shape index (κ2) is 7.70. The van der Waals surface area contributed by atoms with Gasteiger partial charge in [-0.05, 0) is 24.5 Å². The van der Waals surface area contributed by atoms with Crippen molar-refractivity contribution in [3.8, 4) is 11.8 Å². The SMILES string of the molecule is CC(C)CCOCCOc1ccccc1C#N. The molecular formula is C14H19NO2. The largest absolute Gasteiger partial charge is 0.490 e. The van der Waals surface area contributed by atoms with E-state index in [1.807, 2.05) is 12.1 Å². The van der Waals surface area contributed by atoms with Gasteiger partial charge in [0.2, 0.25) is 0 Å². The third kappa shape index (κ3) is 5.37. The maximum Gasteiger partial charge on any atom is 0.137 e.